The molecule has 1 aromatic carbocycles. The van der Waals surface area contributed by atoms with E-state index < -0.39 is 8.60 Å². The molecule has 0 aliphatic rings. The van der Waals surface area contributed by atoms with E-state index in [2.05, 4.69) is 41.5 Å². The third-order valence-corrected chi connectivity index (χ3v) is 3.84. The Morgan fingerprint density at radius 3 is 1.86 bits per heavy atom. The monoisotopic (exact) mass is 314 g/mol. The van der Waals surface area contributed by atoms with Gasteiger partial charge in [0.1, 0.15) is 5.75 Å². The van der Waals surface area contributed by atoms with Gasteiger partial charge in [-0.2, -0.15) is 0 Å². The topological polar surface area (TPSA) is 58.9 Å². The zero-order valence-electron chi connectivity index (χ0n) is 13.8. The van der Waals surface area contributed by atoms with Crippen molar-refractivity contribution in [2.24, 2.45) is 0 Å². The molecule has 0 spiro atoms. The van der Waals surface area contributed by atoms with Crippen LogP contribution in [0.1, 0.15) is 52.7 Å². The van der Waals surface area contributed by atoms with Crippen molar-refractivity contribution in [3.8, 4) is 5.75 Å². The molecule has 2 N–H and O–H groups in total. The number of benzene rings is 1. The second kappa shape index (κ2) is 7.06. The lowest BCUT2D eigenvalue weighted by Gasteiger charge is -2.29. The summed E-state index contributed by atoms with van der Waals surface area (Å²) < 4.78 is 10.8. The van der Waals surface area contributed by atoms with E-state index in [9.17, 15) is 4.89 Å². The Bertz CT molecular complexity index is 428. The second-order valence-corrected chi connectivity index (χ2v) is 7.98. The van der Waals surface area contributed by atoms with Crippen LogP contribution in [-0.4, -0.2) is 23.2 Å². The molecular weight excluding hydrogens is 287 g/mol. The summed E-state index contributed by atoms with van der Waals surface area (Å²) in [5, 5.41) is 8.77. The molecule has 120 valence electrons. The van der Waals surface area contributed by atoms with Gasteiger partial charge in [0, 0.05) is 11.1 Å². The average Bonchev–Trinajstić information content (AvgIpc) is 2.34. The minimum Gasteiger partial charge on any atom is -0.426 e. The Morgan fingerprint density at radius 1 is 1.00 bits per heavy atom. The van der Waals surface area contributed by atoms with Crippen LogP contribution in [0.3, 0.4) is 0 Å². The Balaban J connectivity index is 3.23. The summed E-state index contributed by atoms with van der Waals surface area (Å²) in [7, 11) is -2.05. The number of aliphatic hydroxyl groups is 1. The molecule has 0 aliphatic carbocycles. The van der Waals surface area contributed by atoms with Crippen LogP contribution < -0.4 is 4.52 Å². The van der Waals surface area contributed by atoms with Crippen LogP contribution in [0.15, 0.2) is 18.2 Å². The lowest BCUT2D eigenvalue weighted by atomic mass is 9.80. The van der Waals surface area contributed by atoms with Crippen LogP contribution in [0.25, 0.3) is 0 Å². The van der Waals surface area contributed by atoms with Crippen LogP contribution in [0.5, 0.6) is 5.75 Å². The lowest BCUT2D eigenvalue weighted by molar-refractivity contribution is 0.183. The smallest absolute Gasteiger partial charge is 0.394 e. The fourth-order valence-corrected chi connectivity index (χ4v) is 2.68. The standard InChI is InChI=1S/C16H27O4P/c1-15(2,3)12-8-7-9-13(16(4,5)6)14(12)20-21(18)19-11-10-17/h7-9,17-18H,10-11H2,1-6H3. The van der Waals surface area contributed by atoms with E-state index in [4.69, 9.17) is 14.2 Å². The molecule has 0 amide bonds. The highest BCUT2D eigenvalue weighted by Crippen LogP contribution is 2.45. The summed E-state index contributed by atoms with van der Waals surface area (Å²) in [6.45, 7) is 12.6. The summed E-state index contributed by atoms with van der Waals surface area (Å²) in [4.78, 5) is 9.92. The summed E-state index contributed by atoms with van der Waals surface area (Å²) >= 11 is 0. The van der Waals surface area contributed by atoms with E-state index in [1.165, 1.54) is 0 Å². The van der Waals surface area contributed by atoms with Crippen molar-refractivity contribution in [2.75, 3.05) is 13.2 Å². The van der Waals surface area contributed by atoms with E-state index in [0.717, 1.165) is 11.1 Å². The van der Waals surface area contributed by atoms with Crippen LogP contribution in [0.4, 0.5) is 0 Å². The number of hydrogen-bond donors (Lipinski definition) is 2. The molecule has 5 heteroatoms. The summed E-state index contributed by atoms with van der Waals surface area (Å²) in [5.74, 6) is 0.684. The maximum Gasteiger partial charge on any atom is 0.394 e. The van der Waals surface area contributed by atoms with Gasteiger partial charge in [-0.3, -0.25) is 0 Å². The molecule has 0 radical (unpaired) electrons. The van der Waals surface area contributed by atoms with Gasteiger partial charge in [0.2, 0.25) is 0 Å². The fourth-order valence-electron chi connectivity index (χ4n) is 2.04. The predicted octanol–water partition coefficient (Wildman–Crippen LogP) is 3.89. The lowest BCUT2D eigenvalue weighted by Crippen LogP contribution is -2.18. The minimum absolute atomic E-state index is 0.0603. The number of para-hydroxylation sites is 1. The van der Waals surface area contributed by atoms with Crippen molar-refractivity contribution < 1.29 is 19.0 Å². The molecule has 0 aliphatic heterocycles. The van der Waals surface area contributed by atoms with Crippen molar-refractivity contribution in [2.45, 2.75) is 52.4 Å². The van der Waals surface area contributed by atoms with Gasteiger partial charge in [-0.25, -0.2) is 0 Å². The molecule has 0 aromatic heterocycles. The van der Waals surface area contributed by atoms with Crippen molar-refractivity contribution in [3.05, 3.63) is 29.3 Å². The predicted molar refractivity (Wildman–Crippen MR) is 86.6 cm³/mol. The molecule has 0 fully saturated rings. The van der Waals surface area contributed by atoms with Crippen molar-refractivity contribution in [1.82, 2.24) is 0 Å². The van der Waals surface area contributed by atoms with E-state index in [-0.39, 0.29) is 24.0 Å². The largest absolute Gasteiger partial charge is 0.426 e. The Hall–Kier alpha value is -0.670. The molecule has 1 unspecified atom stereocenters. The number of rotatable bonds is 5. The van der Waals surface area contributed by atoms with Gasteiger partial charge >= 0.3 is 8.60 Å². The Labute approximate surface area is 129 Å². The van der Waals surface area contributed by atoms with Crippen LogP contribution in [-0.2, 0) is 15.4 Å². The maximum atomic E-state index is 9.92. The van der Waals surface area contributed by atoms with Gasteiger partial charge in [-0.1, -0.05) is 59.7 Å². The third kappa shape index (κ3) is 5.23. The third-order valence-electron chi connectivity index (χ3n) is 3.09. The fraction of sp³-hybridized carbons (Fsp3) is 0.625. The first-order valence-electron chi connectivity index (χ1n) is 7.12. The molecule has 1 aromatic rings. The molecule has 0 bridgehead atoms. The van der Waals surface area contributed by atoms with Gasteiger partial charge < -0.3 is 19.0 Å². The molecule has 4 nitrogen and oxygen atoms in total. The second-order valence-electron chi connectivity index (χ2n) is 7.07. The van der Waals surface area contributed by atoms with Gasteiger partial charge in [-0.15, -0.1) is 0 Å². The summed E-state index contributed by atoms with van der Waals surface area (Å²) in [6.07, 6.45) is 0. The quantitative estimate of drug-likeness (QED) is 0.810. The van der Waals surface area contributed by atoms with Crippen molar-refractivity contribution in [1.29, 1.82) is 0 Å². The normalized spacial score (nSPS) is 14.1. The van der Waals surface area contributed by atoms with E-state index >= 15 is 0 Å². The first kappa shape index (κ1) is 18.4. The van der Waals surface area contributed by atoms with Gasteiger partial charge in [0.25, 0.3) is 0 Å². The average molecular weight is 314 g/mol. The van der Waals surface area contributed by atoms with Gasteiger partial charge in [0.15, 0.2) is 0 Å². The number of aliphatic hydroxyl groups excluding tert-OH is 1. The van der Waals surface area contributed by atoms with Crippen molar-refractivity contribution in [3.63, 3.8) is 0 Å². The van der Waals surface area contributed by atoms with Crippen molar-refractivity contribution >= 4 is 8.60 Å². The molecular formula is C16H27O4P. The molecule has 0 saturated heterocycles. The highest BCUT2D eigenvalue weighted by Gasteiger charge is 2.28. The van der Waals surface area contributed by atoms with E-state index in [0.29, 0.717) is 5.75 Å². The minimum atomic E-state index is -2.05. The highest BCUT2D eigenvalue weighted by atomic mass is 31.2. The first-order valence-corrected chi connectivity index (χ1v) is 8.25. The SMILES string of the molecule is CC(C)(C)c1cccc(C(C)(C)C)c1OP(O)OCCO. The number of hydrogen-bond acceptors (Lipinski definition) is 4. The molecule has 1 atom stereocenters. The zero-order valence-corrected chi connectivity index (χ0v) is 14.7. The van der Waals surface area contributed by atoms with E-state index in [1.807, 2.05) is 18.2 Å². The summed E-state index contributed by atoms with van der Waals surface area (Å²) in [6, 6.07) is 6.04. The molecule has 1 rings (SSSR count). The molecule has 0 heterocycles. The van der Waals surface area contributed by atoms with E-state index in [1.54, 1.807) is 0 Å². The van der Waals surface area contributed by atoms with Crippen LogP contribution >= 0.6 is 8.60 Å². The highest BCUT2D eigenvalue weighted by molar-refractivity contribution is 7.41. The Kier molecular flexibility index (Phi) is 6.18. The Morgan fingerprint density at radius 2 is 1.48 bits per heavy atom. The molecule has 21 heavy (non-hydrogen) atoms. The summed E-state index contributed by atoms with van der Waals surface area (Å²) in [5.41, 5.74) is 1.85. The maximum absolute atomic E-state index is 9.92. The van der Waals surface area contributed by atoms with Crippen LogP contribution in [0.2, 0.25) is 0 Å². The van der Waals surface area contributed by atoms with Crippen LogP contribution in [0, 0.1) is 0 Å². The molecule has 0 saturated carbocycles. The van der Waals surface area contributed by atoms with Gasteiger partial charge in [-0.05, 0) is 10.8 Å². The zero-order chi connectivity index (χ0) is 16.3. The van der Waals surface area contributed by atoms with Gasteiger partial charge in [0.05, 0.1) is 13.2 Å². The first-order chi connectivity index (χ1) is 9.57.